The molecule has 2 aliphatic heterocycles. The molecular formula is C6H9F3N4. The van der Waals surface area contributed by atoms with Crippen molar-refractivity contribution in [2.75, 3.05) is 19.6 Å². The van der Waals surface area contributed by atoms with Crippen molar-refractivity contribution in [2.24, 2.45) is 5.10 Å². The van der Waals surface area contributed by atoms with Gasteiger partial charge in [0.2, 0.25) is 6.17 Å². The van der Waals surface area contributed by atoms with Crippen molar-refractivity contribution < 1.29 is 13.2 Å². The highest BCUT2D eigenvalue weighted by atomic mass is 19.4. The van der Waals surface area contributed by atoms with Crippen molar-refractivity contribution in [3.05, 3.63) is 0 Å². The number of nitrogens with one attached hydrogen (secondary N) is 2. The Labute approximate surface area is 72.8 Å². The normalized spacial score (nSPS) is 28.1. The fourth-order valence-electron chi connectivity index (χ4n) is 1.47. The van der Waals surface area contributed by atoms with Gasteiger partial charge in [-0.3, -0.25) is 5.43 Å². The summed E-state index contributed by atoms with van der Waals surface area (Å²) in [5, 5.41) is 6.56. The van der Waals surface area contributed by atoms with Crippen molar-refractivity contribution in [1.82, 2.24) is 15.6 Å². The third-order valence-electron chi connectivity index (χ3n) is 2.08. The molecule has 4 nitrogen and oxygen atoms in total. The molecule has 0 aromatic rings. The standard InChI is InChI=1S/C6H9F3N4/c7-6(8,9)5-12-11-4-3-10-1-2-13(4)5/h5,10,12H,1-3H2/t5-/m1/s1. The van der Waals surface area contributed by atoms with Gasteiger partial charge >= 0.3 is 6.18 Å². The van der Waals surface area contributed by atoms with Gasteiger partial charge in [0, 0.05) is 13.1 Å². The summed E-state index contributed by atoms with van der Waals surface area (Å²) in [4.78, 5) is 1.25. The van der Waals surface area contributed by atoms with Gasteiger partial charge in [-0.15, -0.1) is 0 Å². The van der Waals surface area contributed by atoms with Crippen LogP contribution in [0, 0.1) is 0 Å². The first-order valence-electron chi connectivity index (χ1n) is 3.95. The molecule has 1 saturated heterocycles. The van der Waals surface area contributed by atoms with Gasteiger partial charge in [0.1, 0.15) is 5.84 Å². The average Bonchev–Trinajstić information content (AvgIpc) is 2.45. The van der Waals surface area contributed by atoms with Crippen molar-refractivity contribution in [3.63, 3.8) is 0 Å². The molecule has 0 aliphatic carbocycles. The number of nitrogens with zero attached hydrogens (tertiary/aromatic N) is 2. The Kier molecular flexibility index (Phi) is 1.83. The summed E-state index contributed by atoms with van der Waals surface area (Å²) in [6.07, 6.45) is -5.90. The minimum absolute atomic E-state index is 0.343. The second-order valence-electron chi connectivity index (χ2n) is 2.97. The lowest BCUT2D eigenvalue weighted by Gasteiger charge is -2.31. The summed E-state index contributed by atoms with van der Waals surface area (Å²) in [5.41, 5.74) is 2.09. The molecule has 0 saturated carbocycles. The van der Waals surface area contributed by atoms with Gasteiger partial charge in [0.15, 0.2) is 0 Å². The van der Waals surface area contributed by atoms with Gasteiger partial charge in [-0.2, -0.15) is 18.3 Å². The Bertz CT molecular complexity index is 237. The van der Waals surface area contributed by atoms with Gasteiger partial charge in [-0.05, 0) is 0 Å². The van der Waals surface area contributed by atoms with E-state index in [0.29, 0.717) is 25.5 Å². The Morgan fingerprint density at radius 2 is 2.23 bits per heavy atom. The van der Waals surface area contributed by atoms with Crippen LogP contribution in [0.15, 0.2) is 5.10 Å². The quantitative estimate of drug-likeness (QED) is 0.556. The van der Waals surface area contributed by atoms with Gasteiger partial charge in [-0.1, -0.05) is 0 Å². The monoisotopic (exact) mass is 194 g/mol. The molecule has 0 aromatic heterocycles. The van der Waals surface area contributed by atoms with Crippen LogP contribution >= 0.6 is 0 Å². The third kappa shape index (κ3) is 1.43. The molecule has 2 N–H and O–H groups in total. The largest absolute Gasteiger partial charge is 0.428 e. The highest BCUT2D eigenvalue weighted by Gasteiger charge is 2.48. The SMILES string of the molecule is FC(F)(F)[C@@H]1NN=C2CNCCN21. The number of piperazine rings is 1. The van der Waals surface area contributed by atoms with Crippen LogP contribution in [0.4, 0.5) is 13.2 Å². The number of amidine groups is 1. The third-order valence-corrected chi connectivity index (χ3v) is 2.08. The summed E-state index contributed by atoms with van der Waals surface area (Å²) >= 11 is 0. The second-order valence-corrected chi connectivity index (χ2v) is 2.97. The van der Waals surface area contributed by atoms with Crippen LogP contribution in [0.5, 0.6) is 0 Å². The van der Waals surface area contributed by atoms with E-state index < -0.39 is 12.3 Å². The van der Waals surface area contributed by atoms with E-state index in [0.717, 1.165) is 0 Å². The average molecular weight is 194 g/mol. The van der Waals surface area contributed by atoms with Crippen LogP contribution in [0.3, 0.4) is 0 Å². The van der Waals surface area contributed by atoms with E-state index >= 15 is 0 Å². The maximum absolute atomic E-state index is 12.3. The first-order chi connectivity index (χ1) is 6.09. The van der Waals surface area contributed by atoms with Crippen molar-refractivity contribution in [2.45, 2.75) is 12.3 Å². The molecule has 7 heteroatoms. The molecule has 1 fully saturated rings. The zero-order valence-electron chi connectivity index (χ0n) is 6.73. The first-order valence-corrected chi connectivity index (χ1v) is 3.95. The molecule has 0 spiro atoms. The zero-order chi connectivity index (χ0) is 9.47. The number of hydrazone groups is 1. The van der Waals surface area contributed by atoms with Crippen molar-refractivity contribution in [3.8, 4) is 0 Å². The summed E-state index contributed by atoms with van der Waals surface area (Å²) < 4.78 is 37.0. The molecule has 1 atom stereocenters. The summed E-state index contributed by atoms with van der Waals surface area (Å²) in [7, 11) is 0. The minimum Gasteiger partial charge on any atom is -0.327 e. The highest BCUT2D eigenvalue weighted by molar-refractivity contribution is 5.86. The first kappa shape index (κ1) is 8.61. The second kappa shape index (κ2) is 2.76. The number of halogens is 3. The maximum Gasteiger partial charge on any atom is 0.428 e. The lowest BCUT2D eigenvalue weighted by atomic mass is 10.3. The smallest absolute Gasteiger partial charge is 0.327 e. The molecular weight excluding hydrogens is 185 g/mol. The molecule has 0 bridgehead atoms. The Morgan fingerprint density at radius 1 is 1.46 bits per heavy atom. The maximum atomic E-state index is 12.3. The molecule has 0 radical (unpaired) electrons. The minimum atomic E-state index is -4.26. The Morgan fingerprint density at radius 3 is 2.92 bits per heavy atom. The highest BCUT2D eigenvalue weighted by Crippen LogP contribution is 2.26. The molecule has 0 amide bonds. The Balaban J connectivity index is 2.11. The van der Waals surface area contributed by atoms with Crippen LogP contribution in [0.25, 0.3) is 0 Å². The Hall–Kier alpha value is -0.980. The topological polar surface area (TPSA) is 39.7 Å². The predicted molar refractivity (Wildman–Crippen MR) is 40.0 cm³/mol. The van der Waals surface area contributed by atoms with E-state index in [1.807, 2.05) is 0 Å². The van der Waals surface area contributed by atoms with Crippen LogP contribution < -0.4 is 10.7 Å². The van der Waals surface area contributed by atoms with E-state index in [2.05, 4.69) is 15.8 Å². The summed E-state index contributed by atoms with van der Waals surface area (Å²) in [6.45, 7) is 1.31. The van der Waals surface area contributed by atoms with E-state index in [1.54, 1.807) is 0 Å². The van der Waals surface area contributed by atoms with E-state index in [9.17, 15) is 13.2 Å². The molecule has 0 unspecified atom stereocenters. The number of alkyl halides is 3. The number of hydrogen-bond acceptors (Lipinski definition) is 4. The van der Waals surface area contributed by atoms with Gasteiger partial charge in [0.05, 0.1) is 6.54 Å². The molecule has 74 valence electrons. The molecule has 2 rings (SSSR count). The predicted octanol–water partition coefficient (Wildman–Crippen LogP) is -0.303. The van der Waals surface area contributed by atoms with Crippen LogP contribution in [-0.2, 0) is 0 Å². The molecule has 0 aromatic carbocycles. The zero-order valence-corrected chi connectivity index (χ0v) is 6.73. The molecule has 2 aliphatic rings. The summed E-state index contributed by atoms with van der Waals surface area (Å²) in [6, 6.07) is 0. The lowest BCUT2D eigenvalue weighted by molar-refractivity contribution is -0.178. The molecule has 2 heterocycles. The molecule has 13 heavy (non-hydrogen) atoms. The number of rotatable bonds is 0. The van der Waals surface area contributed by atoms with Crippen molar-refractivity contribution >= 4 is 5.84 Å². The fourth-order valence-corrected chi connectivity index (χ4v) is 1.47. The summed E-state index contributed by atoms with van der Waals surface area (Å²) in [5.74, 6) is 0.438. The van der Waals surface area contributed by atoms with Gasteiger partial charge < -0.3 is 10.2 Å². The van der Waals surface area contributed by atoms with Gasteiger partial charge in [0.25, 0.3) is 0 Å². The van der Waals surface area contributed by atoms with Gasteiger partial charge in [-0.25, -0.2) is 0 Å². The van der Waals surface area contributed by atoms with Crippen LogP contribution in [-0.4, -0.2) is 42.7 Å². The van der Waals surface area contributed by atoms with Crippen molar-refractivity contribution in [1.29, 1.82) is 0 Å². The van der Waals surface area contributed by atoms with Crippen LogP contribution in [0.1, 0.15) is 0 Å². The number of fused-ring (bicyclic) bond motifs is 1. The lowest BCUT2D eigenvalue weighted by Crippen LogP contribution is -2.56. The fraction of sp³-hybridized carbons (Fsp3) is 0.833. The number of hydrogen-bond donors (Lipinski definition) is 2. The van der Waals surface area contributed by atoms with E-state index in [1.165, 1.54) is 4.90 Å². The van der Waals surface area contributed by atoms with Crippen LogP contribution in [0.2, 0.25) is 0 Å². The van der Waals surface area contributed by atoms with E-state index in [-0.39, 0.29) is 0 Å². The van der Waals surface area contributed by atoms with E-state index in [4.69, 9.17) is 0 Å².